The maximum atomic E-state index is 13.1. The number of rotatable bonds is 3. The molecule has 6 heteroatoms. The first kappa shape index (κ1) is 18.2. The number of hydrogen-bond acceptors (Lipinski definition) is 3. The molecule has 0 saturated carbocycles. The molecule has 2 aromatic carbocycles. The van der Waals surface area contributed by atoms with Crippen LogP contribution in [0.4, 0.5) is 11.4 Å². The van der Waals surface area contributed by atoms with Crippen molar-refractivity contribution in [2.24, 2.45) is 0 Å². The number of fused-ring (bicyclic) bond motifs is 1. The maximum Gasteiger partial charge on any atom is 0.255 e. The van der Waals surface area contributed by atoms with E-state index in [2.05, 4.69) is 10.6 Å². The number of nitrogens with zero attached hydrogens (tertiary/aromatic N) is 1. The predicted octanol–water partition coefficient (Wildman–Crippen LogP) is 3.30. The monoisotopic (exact) mass is 377 g/mol. The third-order valence-electron chi connectivity index (χ3n) is 5.46. The summed E-state index contributed by atoms with van der Waals surface area (Å²) >= 11 is 0. The first-order valence-electron chi connectivity index (χ1n) is 9.63. The maximum absolute atomic E-state index is 13.1. The molecule has 2 aliphatic rings. The van der Waals surface area contributed by atoms with E-state index in [0.717, 1.165) is 37.1 Å². The van der Waals surface area contributed by atoms with Gasteiger partial charge in [-0.05, 0) is 43.0 Å². The first-order valence-corrected chi connectivity index (χ1v) is 9.63. The molecule has 6 nitrogen and oxygen atoms in total. The van der Waals surface area contributed by atoms with Gasteiger partial charge in [0.15, 0.2) is 0 Å². The number of para-hydroxylation sites is 2. The summed E-state index contributed by atoms with van der Waals surface area (Å²) in [5.74, 6) is -1.10. The van der Waals surface area contributed by atoms with Gasteiger partial charge >= 0.3 is 0 Å². The molecule has 3 amide bonds. The Kier molecular flexibility index (Phi) is 4.86. The minimum Gasteiger partial charge on any atom is -0.339 e. The molecule has 1 unspecified atom stereocenters. The average molecular weight is 377 g/mol. The van der Waals surface area contributed by atoms with Crippen molar-refractivity contribution >= 4 is 29.1 Å². The van der Waals surface area contributed by atoms with Crippen LogP contribution in [0, 0.1) is 6.92 Å². The van der Waals surface area contributed by atoms with Gasteiger partial charge in [0.25, 0.3) is 5.91 Å². The van der Waals surface area contributed by atoms with Gasteiger partial charge in [0.05, 0.1) is 17.2 Å². The smallest absolute Gasteiger partial charge is 0.255 e. The molecule has 0 aliphatic carbocycles. The standard InChI is InChI=1S/C22H23N3O3/c1-14-7-6-9-16(22(28)25-11-4-5-12-25)20(14)24-21(27)17-13-19(26)23-18-10-3-2-8-15(17)18/h2-3,6-10,17H,4-5,11-13H2,1H3,(H,23,26)(H,24,27). The number of anilines is 2. The Hall–Kier alpha value is -3.15. The van der Waals surface area contributed by atoms with Crippen LogP contribution in [0.2, 0.25) is 0 Å². The molecule has 2 aliphatic heterocycles. The number of hydrogen-bond donors (Lipinski definition) is 2. The normalized spacial score (nSPS) is 18.4. The van der Waals surface area contributed by atoms with Crippen molar-refractivity contribution in [2.75, 3.05) is 23.7 Å². The molecule has 0 radical (unpaired) electrons. The van der Waals surface area contributed by atoms with Gasteiger partial charge in [-0.15, -0.1) is 0 Å². The third kappa shape index (κ3) is 3.38. The Balaban J connectivity index is 1.64. The second-order valence-electron chi connectivity index (χ2n) is 7.38. The van der Waals surface area contributed by atoms with Gasteiger partial charge in [-0.3, -0.25) is 14.4 Å². The summed E-state index contributed by atoms with van der Waals surface area (Å²) < 4.78 is 0. The van der Waals surface area contributed by atoms with Crippen LogP contribution in [-0.2, 0) is 9.59 Å². The van der Waals surface area contributed by atoms with E-state index < -0.39 is 5.92 Å². The van der Waals surface area contributed by atoms with Gasteiger partial charge in [-0.2, -0.15) is 0 Å². The van der Waals surface area contributed by atoms with Crippen molar-refractivity contribution in [1.29, 1.82) is 0 Å². The van der Waals surface area contributed by atoms with Gasteiger partial charge in [-0.25, -0.2) is 0 Å². The molecule has 0 aromatic heterocycles. The van der Waals surface area contributed by atoms with E-state index in [1.807, 2.05) is 42.2 Å². The quantitative estimate of drug-likeness (QED) is 0.861. The zero-order valence-corrected chi connectivity index (χ0v) is 15.8. The summed E-state index contributed by atoms with van der Waals surface area (Å²) in [5.41, 5.74) is 3.32. The summed E-state index contributed by atoms with van der Waals surface area (Å²) in [4.78, 5) is 39.9. The summed E-state index contributed by atoms with van der Waals surface area (Å²) in [6, 6.07) is 12.8. The van der Waals surface area contributed by atoms with Crippen LogP contribution in [-0.4, -0.2) is 35.7 Å². The Morgan fingerprint density at radius 3 is 2.61 bits per heavy atom. The fourth-order valence-electron chi connectivity index (χ4n) is 3.96. The van der Waals surface area contributed by atoms with Gasteiger partial charge in [0.1, 0.15) is 0 Å². The highest BCUT2D eigenvalue weighted by atomic mass is 16.2. The molecule has 144 valence electrons. The SMILES string of the molecule is Cc1cccc(C(=O)N2CCCC2)c1NC(=O)C1CC(=O)Nc2ccccc21. The van der Waals surface area contributed by atoms with Crippen molar-refractivity contribution in [3.8, 4) is 0 Å². The fourth-order valence-corrected chi connectivity index (χ4v) is 3.96. The Labute approximate surface area is 163 Å². The largest absolute Gasteiger partial charge is 0.339 e. The number of carbonyl (C=O) groups excluding carboxylic acids is 3. The molecular weight excluding hydrogens is 354 g/mol. The van der Waals surface area contributed by atoms with Crippen LogP contribution >= 0.6 is 0 Å². The minimum absolute atomic E-state index is 0.0571. The number of amides is 3. The van der Waals surface area contributed by atoms with Gasteiger partial charge in [-0.1, -0.05) is 30.3 Å². The van der Waals surface area contributed by atoms with Gasteiger partial charge in [0, 0.05) is 25.2 Å². The van der Waals surface area contributed by atoms with Crippen molar-refractivity contribution in [3.05, 3.63) is 59.2 Å². The topological polar surface area (TPSA) is 78.5 Å². The van der Waals surface area contributed by atoms with E-state index in [1.54, 1.807) is 12.1 Å². The summed E-state index contributed by atoms with van der Waals surface area (Å²) in [6.45, 7) is 3.37. The van der Waals surface area contributed by atoms with Crippen LogP contribution in [0.3, 0.4) is 0 Å². The number of carbonyl (C=O) groups is 3. The molecule has 1 fully saturated rings. The van der Waals surface area contributed by atoms with E-state index in [1.165, 1.54) is 0 Å². The van der Waals surface area contributed by atoms with Crippen LogP contribution < -0.4 is 10.6 Å². The summed E-state index contributed by atoms with van der Waals surface area (Å²) in [6.07, 6.45) is 2.10. The molecule has 28 heavy (non-hydrogen) atoms. The number of aryl methyl sites for hydroxylation is 1. The lowest BCUT2D eigenvalue weighted by Crippen LogP contribution is -2.32. The van der Waals surface area contributed by atoms with E-state index >= 15 is 0 Å². The van der Waals surface area contributed by atoms with E-state index in [0.29, 0.717) is 16.9 Å². The third-order valence-corrected chi connectivity index (χ3v) is 5.46. The van der Waals surface area contributed by atoms with Gasteiger partial charge in [0.2, 0.25) is 11.8 Å². The Bertz CT molecular complexity index is 948. The van der Waals surface area contributed by atoms with Crippen molar-refractivity contribution in [1.82, 2.24) is 4.90 Å². The molecule has 1 atom stereocenters. The predicted molar refractivity (Wildman–Crippen MR) is 107 cm³/mol. The number of likely N-dealkylation sites (tertiary alicyclic amines) is 1. The lowest BCUT2D eigenvalue weighted by molar-refractivity contribution is -0.123. The summed E-state index contributed by atoms with van der Waals surface area (Å²) in [7, 11) is 0. The van der Waals surface area contributed by atoms with Crippen molar-refractivity contribution in [2.45, 2.75) is 32.1 Å². The number of benzene rings is 2. The summed E-state index contributed by atoms with van der Waals surface area (Å²) in [5, 5.41) is 5.75. The highest BCUT2D eigenvalue weighted by Crippen LogP contribution is 2.34. The fraction of sp³-hybridized carbons (Fsp3) is 0.318. The lowest BCUT2D eigenvalue weighted by Gasteiger charge is -2.26. The van der Waals surface area contributed by atoms with Crippen molar-refractivity contribution < 1.29 is 14.4 Å². The molecule has 2 heterocycles. The van der Waals surface area contributed by atoms with Crippen LogP contribution in [0.25, 0.3) is 0 Å². The molecular formula is C22H23N3O3. The van der Waals surface area contributed by atoms with Crippen LogP contribution in [0.1, 0.15) is 46.7 Å². The zero-order chi connectivity index (χ0) is 19.7. The van der Waals surface area contributed by atoms with E-state index in [-0.39, 0.29) is 24.1 Å². The second kappa shape index (κ2) is 7.46. The van der Waals surface area contributed by atoms with Crippen LogP contribution in [0.5, 0.6) is 0 Å². The molecule has 0 spiro atoms. The molecule has 1 saturated heterocycles. The van der Waals surface area contributed by atoms with Gasteiger partial charge < -0.3 is 15.5 Å². The minimum atomic E-state index is -0.584. The zero-order valence-electron chi connectivity index (χ0n) is 15.8. The lowest BCUT2D eigenvalue weighted by atomic mass is 9.89. The molecule has 4 rings (SSSR count). The average Bonchev–Trinajstić information content (AvgIpc) is 3.23. The van der Waals surface area contributed by atoms with E-state index in [4.69, 9.17) is 0 Å². The van der Waals surface area contributed by atoms with Crippen LogP contribution in [0.15, 0.2) is 42.5 Å². The number of nitrogens with one attached hydrogen (secondary N) is 2. The highest BCUT2D eigenvalue weighted by molar-refractivity contribution is 6.09. The second-order valence-corrected chi connectivity index (χ2v) is 7.38. The molecule has 0 bridgehead atoms. The molecule has 2 aromatic rings. The first-order chi connectivity index (χ1) is 13.5. The highest BCUT2D eigenvalue weighted by Gasteiger charge is 2.32. The van der Waals surface area contributed by atoms with E-state index in [9.17, 15) is 14.4 Å². The van der Waals surface area contributed by atoms with Crippen molar-refractivity contribution in [3.63, 3.8) is 0 Å². The Morgan fingerprint density at radius 2 is 1.82 bits per heavy atom. The molecule has 2 N–H and O–H groups in total. The Morgan fingerprint density at radius 1 is 1.07 bits per heavy atom.